The molecule has 2 aromatic carbocycles. The average molecular weight is 352 g/mol. The quantitative estimate of drug-likeness (QED) is 0.700. The van der Waals surface area contributed by atoms with Crippen LogP contribution in [0.5, 0.6) is 5.75 Å². The van der Waals surface area contributed by atoms with Gasteiger partial charge in [-0.1, -0.05) is 37.3 Å². The molecule has 5 heteroatoms. The van der Waals surface area contributed by atoms with Crippen LogP contribution in [0.1, 0.15) is 17.5 Å². The van der Waals surface area contributed by atoms with E-state index in [1.54, 1.807) is 11.3 Å². The van der Waals surface area contributed by atoms with Crippen LogP contribution < -0.4 is 10.1 Å². The molecule has 1 amide bonds. The van der Waals surface area contributed by atoms with Crippen LogP contribution in [0.15, 0.2) is 53.9 Å². The molecule has 0 aliphatic carbocycles. The molecular weight excluding hydrogens is 332 g/mol. The van der Waals surface area contributed by atoms with Crippen molar-refractivity contribution in [2.75, 3.05) is 11.9 Å². The lowest BCUT2D eigenvalue weighted by molar-refractivity contribution is -0.118. The zero-order chi connectivity index (χ0) is 17.6. The Labute approximate surface area is 151 Å². The van der Waals surface area contributed by atoms with Crippen LogP contribution in [0.4, 0.5) is 5.69 Å². The predicted octanol–water partition coefficient (Wildman–Crippen LogP) is 4.70. The second kappa shape index (κ2) is 7.94. The number of hydrogen-bond acceptors (Lipinski definition) is 4. The molecule has 0 unspecified atom stereocenters. The van der Waals surface area contributed by atoms with Crippen LogP contribution in [0.2, 0.25) is 0 Å². The lowest BCUT2D eigenvalue weighted by Gasteiger charge is -2.10. The molecule has 0 radical (unpaired) electrons. The van der Waals surface area contributed by atoms with E-state index in [1.807, 2.05) is 60.8 Å². The van der Waals surface area contributed by atoms with Crippen molar-refractivity contribution in [2.45, 2.75) is 20.3 Å². The van der Waals surface area contributed by atoms with Gasteiger partial charge >= 0.3 is 0 Å². The molecule has 25 heavy (non-hydrogen) atoms. The first kappa shape index (κ1) is 17.2. The first-order chi connectivity index (χ1) is 12.2. The SMILES string of the molecule is CCc1ccccc1OCC(=O)Nc1ccc(-c2csc(C)n2)cc1. The van der Waals surface area contributed by atoms with E-state index in [2.05, 4.69) is 17.2 Å². The maximum atomic E-state index is 12.1. The third-order valence-electron chi connectivity index (χ3n) is 3.80. The van der Waals surface area contributed by atoms with Gasteiger partial charge in [0.15, 0.2) is 6.61 Å². The van der Waals surface area contributed by atoms with Gasteiger partial charge in [-0.15, -0.1) is 11.3 Å². The third kappa shape index (κ3) is 4.45. The van der Waals surface area contributed by atoms with Gasteiger partial charge < -0.3 is 10.1 Å². The number of rotatable bonds is 6. The van der Waals surface area contributed by atoms with Crippen molar-refractivity contribution < 1.29 is 9.53 Å². The van der Waals surface area contributed by atoms with Gasteiger partial charge in [0, 0.05) is 16.6 Å². The van der Waals surface area contributed by atoms with Crippen molar-refractivity contribution in [1.82, 2.24) is 4.98 Å². The van der Waals surface area contributed by atoms with E-state index in [9.17, 15) is 4.79 Å². The molecule has 0 fully saturated rings. The number of para-hydroxylation sites is 1. The summed E-state index contributed by atoms with van der Waals surface area (Å²) in [5.74, 6) is 0.581. The molecule has 0 aliphatic heterocycles. The Morgan fingerprint density at radius 3 is 2.60 bits per heavy atom. The maximum Gasteiger partial charge on any atom is 0.262 e. The monoisotopic (exact) mass is 352 g/mol. The fourth-order valence-electron chi connectivity index (χ4n) is 2.50. The summed E-state index contributed by atoms with van der Waals surface area (Å²) in [6.45, 7) is 4.04. The highest BCUT2D eigenvalue weighted by Gasteiger charge is 2.07. The maximum absolute atomic E-state index is 12.1. The lowest BCUT2D eigenvalue weighted by Crippen LogP contribution is -2.20. The van der Waals surface area contributed by atoms with E-state index in [4.69, 9.17) is 4.74 Å². The Hall–Kier alpha value is -2.66. The van der Waals surface area contributed by atoms with E-state index in [0.29, 0.717) is 0 Å². The average Bonchev–Trinajstić information content (AvgIpc) is 3.07. The van der Waals surface area contributed by atoms with Gasteiger partial charge in [0.25, 0.3) is 5.91 Å². The van der Waals surface area contributed by atoms with Gasteiger partial charge in [-0.2, -0.15) is 0 Å². The van der Waals surface area contributed by atoms with Gasteiger partial charge in [0.2, 0.25) is 0 Å². The van der Waals surface area contributed by atoms with Crippen molar-refractivity contribution in [3.05, 3.63) is 64.5 Å². The van der Waals surface area contributed by atoms with Crippen molar-refractivity contribution in [2.24, 2.45) is 0 Å². The standard InChI is InChI=1S/C20H20N2O2S/c1-3-15-6-4-5-7-19(15)24-12-20(23)22-17-10-8-16(9-11-17)18-13-25-14(2)21-18/h4-11,13H,3,12H2,1-2H3,(H,22,23). The number of carbonyl (C=O) groups is 1. The van der Waals surface area contributed by atoms with Crippen LogP contribution in [-0.4, -0.2) is 17.5 Å². The highest BCUT2D eigenvalue weighted by atomic mass is 32.1. The largest absolute Gasteiger partial charge is 0.483 e. The summed E-state index contributed by atoms with van der Waals surface area (Å²) in [6, 6.07) is 15.4. The summed E-state index contributed by atoms with van der Waals surface area (Å²) in [6.07, 6.45) is 0.870. The number of nitrogens with zero attached hydrogens (tertiary/aromatic N) is 1. The topological polar surface area (TPSA) is 51.2 Å². The first-order valence-electron chi connectivity index (χ1n) is 8.19. The Morgan fingerprint density at radius 1 is 1.16 bits per heavy atom. The van der Waals surface area contributed by atoms with Gasteiger partial charge in [-0.3, -0.25) is 4.79 Å². The molecule has 4 nitrogen and oxygen atoms in total. The van der Waals surface area contributed by atoms with Gasteiger partial charge in [-0.05, 0) is 37.1 Å². The number of benzene rings is 2. The van der Waals surface area contributed by atoms with Crippen molar-refractivity contribution in [3.63, 3.8) is 0 Å². The molecule has 0 spiro atoms. The number of ether oxygens (including phenoxy) is 1. The number of aromatic nitrogens is 1. The number of aryl methyl sites for hydroxylation is 2. The zero-order valence-corrected chi connectivity index (χ0v) is 15.1. The number of anilines is 1. The summed E-state index contributed by atoms with van der Waals surface area (Å²) >= 11 is 1.62. The highest BCUT2D eigenvalue weighted by molar-refractivity contribution is 7.09. The summed E-state index contributed by atoms with van der Waals surface area (Å²) < 4.78 is 5.64. The van der Waals surface area contributed by atoms with Gasteiger partial charge in [0.1, 0.15) is 5.75 Å². The van der Waals surface area contributed by atoms with E-state index in [0.717, 1.165) is 39.7 Å². The second-order valence-electron chi connectivity index (χ2n) is 5.63. The molecular formula is C20H20N2O2S. The summed E-state index contributed by atoms with van der Waals surface area (Å²) in [7, 11) is 0. The van der Waals surface area contributed by atoms with Crippen molar-refractivity contribution in [3.8, 4) is 17.0 Å². The van der Waals surface area contributed by atoms with E-state index >= 15 is 0 Å². The molecule has 0 saturated carbocycles. The number of amides is 1. The van der Waals surface area contributed by atoms with Crippen LogP contribution in [0.3, 0.4) is 0 Å². The van der Waals surface area contributed by atoms with E-state index in [1.165, 1.54) is 0 Å². The Morgan fingerprint density at radius 2 is 1.92 bits per heavy atom. The molecule has 1 aromatic heterocycles. The Kier molecular flexibility index (Phi) is 5.46. The minimum Gasteiger partial charge on any atom is -0.483 e. The van der Waals surface area contributed by atoms with Crippen LogP contribution >= 0.6 is 11.3 Å². The molecule has 0 aliphatic rings. The predicted molar refractivity (Wildman–Crippen MR) is 102 cm³/mol. The normalized spacial score (nSPS) is 10.5. The van der Waals surface area contributed by atoms with E-state index < -0.39 is 0 Å². The van der Waals surface area contributed by atoms with Crippen molar-refractivity contribution in [1.29, 1.82) is 0 Å². The minimum absolute atomic E-state index is 0.00988. The van der Waals surface area contributed by atoms with E-state index in [-0.39, 0.29) is 12.5 Å². The van der Waals surface area contributed by atoms with Crippen LogP contribution in [0.25, 0.3) is 11.3 Å². The Bertz CT molecular complexity index is 856. The first-order valence-corrected chi connectivity index (χ1v) is 9.07. The number of nitrogens with one attached hydrogen (secondary N) is 1. The molecule has 128 valence electrons. The number of carbonyl (C=O) groups excluding carboxylic acids is 1. The van der Waals surface area contributed by atoms with Crippen LogP contribution in [-0.2, 0) is 11.2 Å². The Balaban J connectivity index is 1.57. The van der Waals surface area contributed by atoms with Gasteiger partial charge in [-0.25, -0.2) is 4.98 Å². The molecule has 0 saturated heterocycles. The molecule has 3 aromatic rings. The highest BCUT2D eigenvalue weighted by Crippen LogP contribution is 2.23. The molecule has 3 rings (SSSR count). The molecule has 1 heterocycles. The fraction of sp³-hybridized carbons (Fsp3) is 0.200. The molecule has 0 bridgehead atoms. The third-order valence-corrected chi connectivity index (χ3v) is 4.57. The lowest BCUT2D eigenvalue weighted by atomic mass is 10.1. The fourth-order valence-corrected chi connectivity index (χ4v) is 3.12. The second-order valence-corrected chi connectivity index (χ2v) is 6.69. The summed E-state index contributed by atoms with van der Waals surface area (Å²) in [5.41, 5.74) is 3.83. The van der Waals surface area contributed by atoms with Crippen LogP contribution in [0, 0.1) is 6.92 Å². The zero-order valence-electron chi connectivity index (χ0n) is 14.3. The molecule has 1 N–H and O–H groups in total. The van der Waals surface area contributed by atoms with Crippen molar-refractivity contribution >= 4 is 22.9 Å². The molecule has 0 atom stereocenters. The smallest absolute Gasteiger partial charge is 0.262 e. The number of thiazole rings is 1. The summed E-state index contributed by atoms with van der Waals surface area (Å²) in [4.78, 5) is 16.6. The summed E-state index contributed by atoms with van der Waals surface area (Å²) in [5, 5.41) is 5.92. The van der Waals surface area contributed by atoms with Gasteiger partial charge in [0.05, 0.1) is 10.7 Å². The minimum atomic E-state index is -0.178. The number of hydrogen-bond donors (Lipinski definition) is 1.